The molecule has 0 radical (unpaired) electrons. The summed E-state index contributed by atoms with van der Waals surface area (Å²) in [7, 11) is -1.23. The summed E-state index contributed by atoms with van der Waals surface area (Å²) in [6.07, 6.45) is 2.46. The molecular weight excluding hydrogens is 262 g/mol. The molecule has 3 N–H and O–H groups in total. The molecule has 0 aromatic heterocycles. The molecule has 1 aliphatic rings. The summed E-state index contributed by atoms with van der Waals surface area (Å²) >= 11 is 0. The van der Waals surface area contributed by atoms with Crippen LogP contribution in [0.2, 0.25) is 0 Å². The van der Waals surface area contributed by atoms with E-state index in [4.69, 9.17) is 5.73 Å². The van der Waals surface area contributed by atoms with Gasteiger partial charge in [0, 0.05) is 24.8 Å². The molecule has 6 heteroatoms. The van der Waals surface area contributed by atoms with E-state index in [1.807, 2.05) is 7.05 Å². The molecule has 1 aromatic carbocycles. The van der Waals surface area contributed by atoms with Crippen molar-refractivity contribution in [3.63, 3.8) is 0 Å². The van der Waals surface area contributed by atoms with E-state index in [2.05, 4.69) is 9.62 Å². The molecule has 0 unspecified atom stereocenters. The first-order chi connectivity index (χ1) is 8.96. The number of nitrogens with one attached hydrogen (secondary N) is 1. The standard InChI is InChI=1S/C13H21N3O2S/c1-16(13-6-7-13)9-8-15-19(17,18)10-11-2-4-12(14)5-3-11/h2-5,13,15H,6-10,14H2,1H3. The molecule has 0 saturated heterocycles. The van der Waals surface area contributed by atoms with Crippen molar-refractivity contribution in [2.45, 2.75) is 24.6 Å². The van der Waals surface area contributed by atoms with E-state index < -0.39 is 10.0 Å². The Balaban J connectivity index is 1.79. The minimum atomic E-state index is -3.27. The van der Waals surface area contributed by atoms with Crippen LogP contribution in [0.15, 0.2) is 24.3 Å². The lowest BCUT2D eigenvalue weighted by molar-refractivity contribution is 0.329. The van der Waals surface area contributed by atoms with Gasteiger partial charge in [0.05, 0.1) is 5.75 Å². The highest BCUT2D eigenvalue weighted by atomic mass is 32.2. The normalized spacial score (nSPS) is 15.9. The van der Waals surface area contributed by atoms with Gasteiger partial charge in [-0.3, -0.25) is 0 Å². The summed E-state index contributed by atoms with van der Waals surface area (Å²) in [4.78, 5) is 2.20. The molecule has 0 bridgehead atoms. The van der Waals surface area contributed by atoms with E-state index >= 15 is 0 Å². The van der Waals surface area contributed by atoms with E-state index in [0.29, 0.717) is 18.3 Å². The highest BCUT2D eigenvalue weighted by Gasteiger charge is 2.25. The number of rotatable bonds is 7. The maximum absolute atomic E-state index is 11.9. The number of hydrogen-bond donors (Lipinski definition) is 2. The SMILES string of the molecule is CN(CCNS(=O)(=O)Cc1ccc(N)cc1)C1CC1. The van der Waals surface area contributed by atoms with Crippen molar-refractivity contribution in [2.75, 3.05) is 25.9 Å². The Morgan fingerprint density at radius 2 is 1.95 bits per heavy atom. The molecule has 0 amide bonds. The summed E-state index contributed by atoms with van der Waals surface area (Å²) in [5.74, 6) is 0.000420. The van der Waals surface area contributed by atoms with E-state index in [9.17, 15) is 8.42 Å². The Hall–Kier alpha value is -1.11. The molecular formula is C13H21N3O2S. The maximum atomic E-state index is 11.9. The average Bonchev–Trinajstić information content (AvgIpc) is 3.15. The Kier molecular flexibility index (Phi) is 4.44. The highest BCUT2D eigenvalue weighted by Crippen LogP contribution is 2.24. The van der Waals surface area contributed by atoms with Gasteiger partial charge in [-0.25, -0.2) is 13.1 Å². The van der Waals surface area contributed by atoms with Gasteiger partial charge in [0.15, 0.2) is 0 Å². The van der Waals surface area contributed by atoms with Crippen LogP contribution in [-0.4, -0.2) is 39.5 Å². The van der Waals surface area contributed by atoms with Gasteiger partial charge in [-0.2, -0.15) is 0 Å². The number of nitrogens with zero attached hydrogens (tertiary/aromatic N) is 1. The molecule has 106 valence electrons. The maximum Gasteiger partial charge on any atom is 0.215 e. The van der Waals surface area contributed by atoms with E-state index in [0.717, 1.165) is 12.1 Å². The molecule has 1 aromatic rings. The number of sulfonamides is 1. The van der Waals surface area contributed by atoms with Gasteiger partial charge in [-0.15, -0.1) is 0 Å². The molecule has 0 heterocycles. The fraction of sp³-hybridized carbons (Fsp3) is 0.538. The van der Waals surface area contributed by atoms with Crippen molar-refractivity contribution >= 4 is 15.7 Å². The minimum absolute atomic E-state index is 0.000420. The van der Waals surface area contributed by atoms with Crippen LogP contribution in [-0.2, 0) is 15.8 Å². The molecule has 0 spiro atoms. The minimum Gasteiger partial charge on any atom is -0.399 e. The predicted octanol–water partition coefficient (Wildman–Crippen LogP) is 0.782. The Morgan fingerprint density at radius 1 is 1.32 bits per heavy atom. The topological polar surface area (TPSA) is 75.4 Å². The van der Waals surface area contributed by atoms with Crippen molar-refractivity contribution < 1.29 is 8.42 Å². The van der Waals surface area contributed by atoms with Gasteiger partial charge in [-0.05, 0) is 37.6 Å². The van der Waals surface area contributed by atoms with Gasteiger partial charge >= 0.3 is 0 Å². The highest BCUT2D eigenvalue weighted by molar-refractivity contribution is 7.88. The Morgan fingerprint density at radius 3 is 2.53 bits per heavy atom. The number of nitrogens with two attached hydrogens (primary N) is 1. The van der Waals surface area contributed by atoms with Crippen LogP contribution in [0.5, 0.6) is 0 Å². The fourth-order valence-electron chi connectivity index (χ4n) is 1.96. The van der Waals surface area contributed by atoms with Crippen LogP contribution in [0.4, 0.5) is 5.69 Å². The van der Waals surface area contributed by atoms with Crippen LogP contribution in [0.1, 0.15) is 18.4 Å². The lowest BCUT2D eigenvalue weighted by Crippen LogP contribution is -2.34. The second-order valence-corrected chi connectivity index (χ2v) is 6.91. The number of hydrogen-bond acceptors (Lipinski definition) is 4. The predicted molar refractivity (Wildman–Crippen MR) is 77.1 cm³/mol. The summed E-state index contributed by atoms with van der Waals surface area (Å²) < 4.78 is 26.4. The molecule has 1 saturated carbocycles. The van der Waals surface area contributed by atoms with Crippen LogP contribution in [0.25, 0.3) is 0 Å². The summed E-state index contributed by atoms with van der Waals surface area (Å²) in [6.45, 7) is 1.22. The summed E-state index contributed by atoms with van der Waals surface area (Å²) in [6, 6.07) is 7.56. The molecule has 5 nitrogen and oxygen atoms in total. The first kappa shape index (κ1) is 14.3. The average molecular weight is 283 g/mol. The molecule has 1 fully saturated rings. The Labute approximate surface area is 114 Å². The monoisotopic (exact) mass is 283 g/mol. The number of anilines is 1. The zero-order valence-electron chi connectivity index (χ0n) is 11.2. The van der Waals surface area contributed by atoms with Crippen molar-refractivity contribution in [3.05, 3.63) is 29.8 Å². The van der Waals surface area contributed by atoms with E-state index in [1.54, 1.807) is 24.3 Å². The molecule has 0 atom stereocenters. The van der Waals surface area contributed by atoms with E-state index in [-0.39, 0.29) is 5.75 Å². The lowest BCUT2D eigenvalue weighted by atomic mass is 10.2. The molecule has 2 rings (SSSR count). The molecule has 1 aliphatic carbocycles. The third-order valence-electron chi connectivity index (χ3n) is 3.29. The van der Waals surface area contributed by atoms with Gasteiger partial charge in [0.25, 0.3) is 0 Å². The fourth-order valence-corrected chi connectivity index (χ4v) is 3.10. The van der Waals surface area contributed by atoms with Crippen molar-refractivity contribution in [1.29, 1.82) is 0 Å². The van der Waals surface area contributed by atoms with Crippen LogP contribution in [0, 0.1) is 0 Å². The largest absolute Gasteiger partial charge is 0.399 e. The zero-order chi connectivity index (χ0) is 13.9. The number of benzene rings is 1. The van der Waals surface area contributed by atoms with Crippen molar-refractivity contribution in [1.82, 2.24) is 9.62 Å². The quantitative estimate of drug-likeness (QED) is 0.725. The van der Waals surface area contributed by atoms with Crippen molar-refractivity contribution in [2.24, 2.45) is 0 Å². The second kappa shape index (κ2) is 5.90. The lowest BCUT2D eigenvalue weighted by Gasteiger charge is -2.15. The Bertz CT molecular complexity index is 509. The first-order valence-electron chi connectivity index (χ1n) is 6.48. The number of nitrogen functional groups attached to an aromatic ring is 1. The first-order valence-corrected chi connectivity index (χ1v) is 8.13. The third kappa shape index (κ3) is 4.81. The van der Waals surface area contributed by atoms with Gasteiger partial charge in [0.1, 0.15) is 0 Å². The van der Waals surface area contributed by atoms with Crippen molar-refractivity contribution in [3.8, 4) is 0 Å². The summed E-state index contributed by atoms with van der Waals surface area (Å²) in [5.41, 5.74) is 6.95. The van der Waals surface area contributed by atoms with Crippen LogP contribution < -0.4 is 10.5 Å². The van der Waals surface area contributed by atoms with Crippen LogP contribution >= 0.6 is 0 Å². The second-order valence-electron chi connectivity index (χ2n) is 5.11. The van der Waals surface area contributed by atoms with Gasteiger partial charge in [0.2, 0.25) is 10.0 Å². The van der Waals surface area contributed by atoms with Gasteiger partial charge in [-0.1, -0.05) is 12.1 Å². The third-order valence-corrected chi connectivity index (χ3v) is 4.65. The van der Waals surface area contributed by atoms with Gasteiger partial charge < -0.3 is 10.6 Å². The summed E-state index contributed by atoms with van der Waals surface area (Å²) in [5, 5.41) is 0. The zero-order valence-corrected chi connectivity index (χ0v) is 12.0. The van der Waals surface area contributed by atoms with Crippen LogP contribution in [0.3, 0.4) is 0 Å². The smallest absolute Gasteiger partial charge is 0.215 e. The molecule has 19 heavy (non-hydrogen) atoms. The molecule has 0 aliphatic heterocycles. The van der Waals surface area contributed by atoms with E-state index in [1.165, 1.54) is 12.8 Å². The number of likely N-dealkylation sites (N-methyl/N-ethyl adjacent to an activating group) is 1.